The lowest BCUT2D eigenvalue weighted by Gasteiger charge is -2.34. The van der Waals surface area contributed by atoms with Gasteiger partial charge in [-0.15, -0.1) is 11.3 Å². The van der Waals surface area contributed by atoms with E-state index < -0.39 is 11.5 Å². The lowest BCUT2D eigenvalue weighted by Crippen LogP contribution is -2.33. The van der Waals surface area contributed by atoms with Gasteiger partial charge in [-0.3, -0.25) is 10.1 Å². The molecular weight excluding hydrogens is 508 g/mol. The topological polar surface area (TPSA) is 67.9 Å². The molecule has 37 heavy (non-hydrogen) atoms. The Kier molecular flexibility index (Phi) is 7.45. The Labute approximate surface area is 226 Å². The van der Waals surface area contributed by atoms with Gasteiger partial charge in [0.25, 0.3) is 0 Å². The third-order valence-electron chi connectivity index (χ3n) is 7.50. The largest absolute Gasteiger partial charge is 0.468 e. The number of benzene rings is 2. The highest BCUT2D eigenvalue weighted by Gasteiger charge is 2.52. The van der Waals surface area contributed by atoms with Crippen LogP contribution in [0.25, 0.3) is 0 Å². The summed E-state index contributed by atoms with van der Waals surface area (Å²) >= 11 is 7.89. The van der Waals surface area contributed by atoms with Gasteiger partial charge in [0.1, 0.15) is 6.10 Å². The van der Waals surface area contributed by atoms with Crippen LogP contribution < -0.4 is 10.2 Å². The van der Waals surface area contributed by atoms with Gasteiger partial charge in [0.05, 0.1) is 22.5 Å². The molecule has 0 radical (unpaired) electrons. The maximum atomic E-state index is 12.6. The van der Waals surface area contributed by atoms with Gasteiger partial charge in [-0.1, -0.05) is 54.1 Å². The molecule has 8 heteroatoms. The standard InChI is InChI=1S/C29H31ClN2O4S/c1-19(20-6-4-3-5-7-20)36-28(34)31-24-18-25(30)37-26(24)21-12-16-32(17-13-21)23-10-8-22(9-11-23)29(14-15-29)27(33)35-2/h3-11,18-19,21H,12-17H2,1-2H3,(H,31,34)/t19-/m1/s1. The highest BCUT2D eigenvalue weighted by atomic mass is 35.5. The first-order chi connectivity index (χ1) is 17.9. The van der Waals surface area contributed by atoms with Gasteiger partial charge in [0, 0.05) is 23.7 Å². The van der Waals surface area contributed by atoms with Crippen molar-refractivity contribution in [3.63, 3.8) is 0 Å². The second kappa shape index (κ2) is 10.8. The predicted octanol–water partition coefficient (Wildman–Crippen LogP) is 7.30. The van der Waals surface area contributed by atoms with Crippen LogP contribution in [0.2, 0.25) is 4.34 Å². The third kappa shape index (κ3) is 5.48. The van der Waals surface area contributed by atoms with Crippen molar-refractivity contribution in [3.8, 4) is 0 Å². The zero-order valence-electron chi connectivity index (χ0n) is 21.0. The van der Waals surface area contributed by atoms with Crippen LogP contribution in [0.5, 0.6) is 0 Å². The van der Waals surface area contributed by atoms with Crippen molar-refractivity contribution in [2.24, 2.45) is 0 Å². The van der Waals surface area contributed by atoms with Gasteiger partial charge in [-0.2, -0.15) is 0 Å². The molecular formula is C29H31ClN2O4S. The number of amides is 1. The van der Waals surface area contributed by atoms with Crippen LogP contribution in [0.4, 0.5) is 16.2 Å². The van der Waals surface area contributed by atoms with Crippen LogP contribution in [0, 0.1) is 0 Å². The molecule has 2 aliphatic rings. The number of nitrogens with one attached hydrogen (secondary N) is 1. The van der Waals surface area contributed by atoms with Gasteiger partial charge in [0.15, 0.2) is 0 Å². The number of nitrogens with zero attached hydrogens (tertiary/aromatic N) is 1. The highest BCUT2D eigenvalue weighted by molar-refractivity contribution is 7.16. The number of hydrogen-bond acceptors (Lipinski definition) is 6. The number of anilines is 2. The fraction of sp³-hybridized carbons (Fsp3) is 0.379. The Bertz CT molecular complexity index is 1250. The van der Waals surface area contributed by atoms with Crippen LogP contribution >= 0.6 is 22.9 Å². The molecule has 2 heterocycles. The molecule has 1 N–H and O–H groups in total. The lowest BCUT2D eigenvalue weighted by atomic mass is 9.93. The molecule has 6 nitrogen and oxygen atoms in total. The molecule has 0 spiro atoms. The summed E-state index contributed by atoms with van der Waals surface area (Å²) in [6.07, 6.45) is 2.77. The molecule has 3 aromatic rings. The predicted molar refractivity (Wildman–Crippen MR) is 148 cm³/mol. The van der Waals surface area contributed by atoms with Crippen molar-refractivity contribution in [3.05, 3.63) is 81.0 Å². The molecule has 1 atom stereocenters. The second-order valence-corrected chi connectivity index (χ2v) is 11.5. The zero-order valence-corrected chi connectivity index (χ0v) is 22.6. The molecule has 1 aliphatic heterocycles. The molecule has 0 unspecified atom stereocenters. The van der Waals surface area contributed by atoms with E-state index in [1.807, 2.05) is 43.3 Å². The average Bonchev–Trinajstić information content (AvgIpc) is 3.66. The fourth-order valence-electron chi connectivity index (χ4n) is 5.19. The van der Waals surface area contributed by atoms with Crippen molar-refractivity contribution in [2.75, 3.05) is 30.4 Å². The molecule has 194 valence electrons. The number of hydrogen-bond donors (Lipinski definition) is 1. The first kappa shape index (κ1) is 25.6. The van der Waals surface area contributed by atoms with Crippen LogP contribution in [0.1, 0.15) is 60.6 Å². The zero-order chi connectivity index (χ0) is 26.0. The SMILES string of the molecule is COC(=O)C1(c2ccc(N3CCC(c4sc(Cl)cc4NC(=O)O[C@H](C)c4ccccc4)CC3)cc2)CC1. The smallest absolute Gasteiger partial charge is 0.412 e. The molecule has 2 aromatic carbocycles. The summed E-state index contributed by atoms with van der Waals surface area (Å²) < 4.78 is 11.3. The third-order valence-corrected chi connectivity index (χ3v) is 8.92. The highest BCUT2D eigenvalue weighted by Crippen LogP contribution is 2.49. The number of carbonyl (C=O) groups is 2. The normalized spacial score (nSPS) is 17.6. The summed E-state index contributed by atoms with van der Waals surface area (Å²) in [5, 5.41) is 2.93. The van der Waals surface area contributed by atoms with E-state index in [4.69, 9.17) is 21.1 Å². The van der Waals surface area contributed by atoms with Gasteiger partial charge < -0.3 is 14.4 Å². The van der Waals surface area contributed by atoms with Gasteiger partial charge in [-0.25, -0.2) is 4.79 Å². The van der Waals surface area contributed by atoms with E-state index in [1.54, 1.807) is 0 Å². The maximum Gasteiger partial charge on any atom is 0.412 e. The van der Waals surface area contributed by atoms with Gasteiger partial charge in [0.2, 0.25) is 0 Å². The number of rotatable bonds is 7. The number of carbonyl (C=O) groups excluding carboxylic acids is 2. The summed E-state index contributed by atoms with van der Waals surface area (Å²) in [6, 6.07) is 19.8. The summed E-state index contributed by atoms with van der Waals surface area (Å²) in [7, 11) is 1.46. The Morgan fingerprint density at radius 1 is 1.08 bits per heavy atom. The lowest BCUT2D eigenvalue weighted by molar-refractivity contribution is -0.143. The van der Waals surface area contributed by atoms with Crippen molar-refractivity contribution < 1.29 is 19.1 Å². The monoisotopic (exact) mass is 538 g/mol. The molecule has 2 fully saturated rings. The molecule has 1 aromatic heterocycles. The second-order valence-electron chi connectivity index (χ2n) is 9.79. The van der Waals surface area contributed by atoms with E-state index in [1.165, 1.54) is 18.4 Å². The molecule has 1 saturated heterocycles. The Balaban J connectivity index is 1.19. The molecule has 1 amide bonds. The number of esters is 1. The van der Waals surface area contributed by atoms with Crippen molar-refractivity contribution >= 4 is 46.4 Å². The Morgan fingerprint density at radius 3 is 2.38 bits per heavy atom. The first-order valence-electron chi connectivity index (χ1n) is 12.7. The minimum Gasteiger partial charge on any atom is -0.468 e. The van der Waals surface area contributed by atoms with Gasteiger partial charge >= 0.3 is 12.1 Å². The molecule has 5 rings (SSSR count). The Morgan fingerprint density at radius 2 is 1.76 bits per heavy atom. The van der Waals surface area contributed by atoms with Crippen molar-refractivity contribution in [1.29, 1.82) is 0 Å². The maximum absolute atomic E-state index is 12.6. The quantitative estimate of drug-likeness (QED) is 0.320. The van der Waals surface area contributed by atoms with Crippen LogP contribution in [0.15, 0.2) is 60.7 Å². The summed E-state index contributed by atoms with van der Waals surface area (Å²) in [4.78, 5) is 28.3. The van der Waals surface area contributed by atoms with E-state index in [9.17, 15) is 9.59 Å². The van der Waals surface area contributed by atoms with E-state index in [2.05, 4.69) is 34.5 Å². The molecule has 0 bridgehead atoms. The fourth-order valence-corrected chi connectivity index (χ4v) is 6.56. The number of methoxy groups -OCH3 is 1. The first-order valence-corrected chi connectivity index (χ1v) is 13.8. The van der Waals surface area contributed by atoms with E-state index in [-0.39, 0.29) is 12.1 Å². The molecule has 1 saturated carbocycles. The Hall–Kier alpha value is -3.03. The van der Waals surface area contributed by atoms with Crippen molar-refractivity contribution in [2.45, 2.75) is 50.0 Å². The number of halogens is 1. The van der Waals surface area contributed by atoms with Gasteiger partial charge in [-0.05, 0) is 67.9 Å². The summed E-state index contributed by atoms with van der Waals surface area (Å²) in [5.74, 6) is 0.169. The number of ether oxygens (including phenoxy) is 2. The van der Waals surface area contributed by atoms with E-state index in [0.29, 0.717) is 10.3 Å². The number of piperidine rings is 1. The molecule has 1 aliphatic carbocycles. The minimum absolute atomic E-state index is 0.140. The minimum atomic E-state index is -0.481. The van der Waals surface area contributed by atoms with E-state index >= 15 is 0 Å². The summed E-state index contributed by atoms with van der Waals surface area (Å²) in [5.41, 5.74) is 3.43. The summed E-state index contributed by atoms with van der Waals surface area (Å²) in [6.45, 7) is 3.66. The average molecular weight is 539 g/mol. The van der Waals surface area contributed by atoms with E-state index in [0.717, 1.165) is 66.2 Å². The van der Waals surface area contributed by atoms with Crippen molar-refractivity contribution in [1.82, 2.24) is 0 Å². The number of thiophene rings is 1. The van der Waals surface area contributed by atoms with Crippen LogP contribution in [-0.4, -0.2) is 32.3 Å². The van der Waals surface area contributed by atoms with Crippen LogP contribution in [0.3, 0.4) is 0 Å². The van der Waals surface area contributed by atoms with Crippen LogP contribution in [-0.2, 0) is 19.7 Å².